The van der Waals surface area contributed by atoms with Gasteiger partial charge in [0.2, 0.25) is 0 Å². The van der Waals surface area contributed by atoms with E-state index in [4.69, 9.17) is 0 Å². The fourth-order valence-corrected chi connectivity index (χ4v) is 4.87. The average molecular weight is 352 g/mol. The van der Waals surface area contributed by atoms with Crippen molar-refractivity contribution in [1.82, 2.24) is 10.2 Å². The zero-order valence-corrected chi connectivity index (χ0v) is 14.7. The first-order chi connectivity index (χ1) is 12.0. The predicted molar refractivity (Wildman–Crippen MR) is 92.3 cm³/mol. The lowest BCUT2D eigenvalue weighted by Crippen LogP contribution is -2.21. The van der Waals surface area contributed by atoms with Crippen molar-refractivity contribution in [1.29, 1.82) is 0 Å². The Morgan fingerprint density at radius 2 is 1.92 bits per heavy atom. The molecule has 4 rings (SSSR count). The standard InChI is InChI=1S/C20H27F3N2/c21-20(22,23)17-4-3-15(14-25-9-1-2-10-25)16(11-17)12-19-6-8-24-7-5-18(19)13-19/h3-4,11,18,24H,1-2,5-10,12-14H2. The fraction of sp³-hybridized carbons (Fsp3) is 0.700. The van der Waals surface area contributed by atoms with Crippen LogP contribution in [0.1, 0.15) is 48.8 Å². The molecule has 0 aromatic heterocycles. The van der Waals surface area contributed by atoms with Crippen LogP contribution in [0.25, 0.3) is 0 Å². The van der Waals surface area contributed by atoms with Gasteiger partial charge in [-0.25, -0.2) is 0 Å². The minimum atomic E-state index is -4.26. The molecule has 1 aromatic carbocycles. The molecule has 2 unspecified atom stereocenters. The molecule has 2 heterocycles. The van der Waals surface area contributed by atoms with Gasteiger partial charge in [-0.1, -0.05) is 6.07 Å². The van der Waals surface area contributed by atoms with Crippen LogP contribution >= 0.6 is 0 Å². The van der Waals surface area contributed by atoms with Crippen molar-refractivity contribution in [2.45, 2.75) is 51.2 Å². The number of rotatable bonds is 4. The van der Waals surface area contributed by atoms with E-state index in [1.54, 1.807) is 6.07 Å². The summed E-state index contributed by atoms with van der Waals surface area (Å²) in [4.78, 5) is 2.38. The molecule has 1 aromatic rings. The van der Waals surface area contributed by atoms with Gasteiger partial charge in [-0.15, -0.1) is 0 Å². The van der Waals surface area contributed by atoms with Crippen molar-refractivity contribution in [3.05, 3.63) is 34.9 Å². The molecule has 2 aliphatic heterocycles. The molecule has 3 aliphatic rings. The van der Waals surface area contributed by atoms with Gasteiger partial charge in [-0.05, 0) is 99.3 Å². The van der Waals surface area contributed by atoms with Gasteiger partial charge in [-0.3, -0.25) is 4.90 Å². The molecule has 3 fully saturated rings. The Kier molecular flexibility index (Phi) is 4.57. The molecule has 138 valence electrons. The first-order valence-electron chi connectivity index (χ1n) is 9.58. The van der Waals surface area contributed by atoms with Gasteiger partial charge in [0.05, 0.1) is 5.56 Å². The second-order valence-corrected chi connectivity index (χ2v) is 8.19. The monoisotopic (exact) mass is 352 g/mol. The number of nitrogens with zero attached hydrogens (tertiary/aromatic N) is 1. The molecule has 2 nitrogen and oxygen atoms in total. The van der Waals surface area contributed by atoms with Gasteiger partial charge in [0.15, 0.2) is 0 Å². The maximum atomic E-state index is 13.2. The first-order valence-corrected chi connectivity index (χ1v) is 9.58. The molecule has 0 bridgehead atoms. The smallest absolute Gasteiger partial charge is 0.317 e. The number of nitrogens with one attached hydrogen (secondary N) is 1. The summed E-state index contributed by atoms with van der Waals surface area (Å²) in [5.41, 5.74) is 1.79. The van der Waals surface area contributed by atoms with Crippen LogP contribution in [0.3, 0.4) is 0 Å². The van der Waals surface area contributed by atoms with Gasteiger partial charge >= 0.3 is 6.18 Å². The van der Waals surface area contributed by atoms with Crippen LogP contribution in [-0.2, 0) is 19.1 Å². The Labute approximate surface area is 147 Å². The van der Waals surface area contributed by atoms with Crippen LogP contribution in [0.2, 0.25) is 0 Å². The molecular weight excluding hydrogens is 325 g/mol. The lowest BCUT2D eigenvalue weighted by Gasteiger charge is -2.22. The average Bonchev–Trinajstić information content (AvgIpc) is 3.02. The number of halogens is 3. The quantitative estimate of drug-likeness (QED) is 0.872. The number of alkyl halides is 3. The summed E-state index contributed by atoms with van der Waals surface area (Å²) in [6, 6.07) is 4.44. The van der Waals surface area contributed by atoms with Gasteiger partial charge in [0, 0.05) is 6.54 Å². The SMILES string of the molecule is FC(F)(F)c1ccc(CN2CCCC2)c(CC23CCNCCC2C3)c1. The molecule has 0 amide bonds. The van der Waals surface area contributed by atoms with E-state index in [9.17, 15) is 13.2 Å². The van der Waals surface area contributed by atoms with E-state index in [2.05, 4.69) is 10.2 Å². The molecule has 1 saturated carbocycles. The minimum Gasteiger partial charge on any atom is -0.317 e. The van der Waals surface area contributed by atoms with Crippen molar-refractivity contribution in [2.24, 2.45) is 11.3 Å². The van der Waals surface area contributed by atoms with Gasteiger partial charge in [0.25, 0.3) is 0 Å². The maximum Gasteiger partial charge on any atom is 0.416 e. The molecule has 0 spiro atoms. The predicted octanol–water partition coefficient (Wildman–Crippen LogP) is 4.23. The summed E-state index contributed by atoms with van der Waals surface area (Å²) in [7, 11) is 0. The summed E-state index contributed by atoms with van der Waals surface area (Å²) in [5.74, 6) is 0.691. The number of likely N-dealkylation sites (tertiary alicyclic amines) is 1. The van der Waals surface area contributed by atoms with E-state index >= 15 is 0 Å². The Balaban J connectivity index is 1.60. The van der Waals surface area contributed by atoms with Crippen LogP contribution in [0.15, 0.2) is 18.2 Å². The minimum absolute atomic E-state index is 0.244. The summed E-state index contributed by atoms with van der Waals surface area (Å²) in [6.45, 7) is 4.98. The molecule has 0 radical (unpaired) electrons. The number of fused-ring (bicyclic) bond motifs is 1. The van der Waals surface area contributed by atoms with Crippen molar-refractivity contribution in [2.75, 3.05) is 26.2 Å². The summed E-state index contributed by atoms with van der Waals surface area (Å²) in [5, 5.41) is 3.44. The molecule has 2 saturated heterocycles. The zero-order chi connectivity index (χ0) is 17.5. The largest absolute Gasteiger partial charge is 0.416 e. The first kappa shape index (κ1) is 17.3. The second-order valence-electron chi connectivity index (χ2n) is 8.19. The van der Waals surface area contributed by atoms with Crippen molar-refractivity contribution in [3.8, 4) is 0 Å². The van der Waals surface area contributed by atoms with Crippen LogP contribution in [0, 0.1) is 11.3 Å². The van der Waals surface area contributed by atoms with Gasteiger partial charge in [-0.2, -0.15) is 13.2 Å². The van der Waals surface area contributed by atoms with E-state index in [1.165, 1.54) is 37.8 Å². The lowest BCUT2D eigenvalue weighted by molar-refractivity contribution is -0.137. The highest BCUT2D eigenvalue weighted by Crippen LogP contribution is 2.59. The lowest BCUT2D eigenvalue weighted by atomic mass is 9.87. The van der Waals surface area contributed by atoms with E-state index < -0.39 is 11.7 Å². The number of benzene rings is 1. The second kappa shape index (κ2) is 6.58. The van der Waals surface area contributed by atoms with E-state index in [0.29, 0.717) is 5.92 Å². The topological polar surface area (TPSA) is 15.3 Å². The summed E-state index contributed by atoms with van der Waals surface area (Å²) >= 11 is 0. The molecule has 25 heavy (non-hydrogen) atoms. The highest BCUT2D eigenvalue weighted by atomic mass is 19.4. The van der Waals surface area contributed by atoms with Crippen molar-refractivity contribution < 1.29 is 13.2 Å². The summed E-state index contributed by atoms with van der Waals surface area (Å²) < 4.78 is 39.7. The van der Waals surface area contributed by atoms with Crippen LogP contribution < -0.4 is 5.32 Å². The maximum absolute atomic E-state index is 13.2. The van der Waals surface area contributed by atoms with Crippen LogP contribution in [0.4, 0.5) is 13.2 Å². The fourth-order valence-electron chi connectivity index (χ4n) is 4.87. The van der Waals surface area contributed by atoms with Crippen molar-refractivity contribution in [3.63, 3.8) is 0 Å². The normalized spacial score (nSPS) is 30.1. The van der Waals surface area contributed by atoms with E-state index in [1.807, 2.05) is 0 Å². The van der Waals surface area contributed by atoms with Gasteiger partial charge < -0.3 is 5.32 Å². The Bertz CT molecular complexity index is 622. The number of hydrogen-bond acceptors (Lipinski definition) is 2. The molecular formula is C20H27F3N2. The highest BCUT2D eigenvalue weighted by molar-refractivity contribution is 5.35. The third kappa shape index (κ3) is 3.72. The molecule has 1 N–H and O–H groups in total. The van der Waals surface area contributed by atoms with Crippen LogP contribution in [0.5, 0.6) is 0 Å². The summed E-state index contributed by atoms with van der Waals surface area (Å²) in [6.07, 6.45) is 2.41. The Hall–Kier alpha value is -1.07. The zero-order valence-electron chi connectivity index (χ0n) is 14.7. The third-order valence-corrected chi connectivity index (χ3v) is 6.50. The number of hydrogen-bond donors (Lipinski definition) is 1. The Morgan fingerprint density at radius 1 is 1.12 bits per heavy atom. The van der Waals surface area contributed by atoms with Crippen molar-refractivity contribution >= 4 is 0 Å². The molecule has 5 heteroatoms. The van der Waals surface area contributed by atoms with Crippen LogP contribution in [-0.4, -0.2) is 31.1 Å². The van der Waals surface area contributed by atoms with Gasteiger partial charge in [0.1, 0.15) is 0 Å². The molecule has 1 aliphatic carbocycles. The third-order valence-electron chi connectivity index (χ3n) is 6.50. The Morgan fingerprint density at radius 3 is 2.68 bits per heavy atom. The molecule has 2 atom stereocenters. The highest BCUT2D eigenvalue weighted by Gasteiger charge is 2.53. The van der Waals surface area contributed by atoms with E-state index in [0.717, 1.165) is 56.7 Å². The van der Waals surface area contributed by atoms with E-state index in [-0.39, 0.29) is 5.41 Å².